The molecule has 21 heavy (non-hydrogen) atoms. The lowest BCUT2D eigenvalue weighted by Crippen LogP contribution is -2.29. The van der Waals surface area contributed by atoms with E-state index in [1.807, 2.05) is 0 Å². The van der Waals surface area contributed by atoms with E-state index in [1.165, 1.54) is 28.3 Å². The van der Waals surface area contributed by atoms with Gasteiger partial charge in [0.25, 0.3) is 5.56 Å². The molecule has 1 aliphatic rings. The number of hydrogen-bond donors (Lipinski definition) is 0. The number of rotatable bonds is 3. The SMILES string of the molecule is CCOC(=O)c1cc(=O)n2nc(N3CCCCC3)sc2n1. The highest BCUT2D eigenvalue weighted by atomic mass is 32.1. The Morgan fingerprint density at radius 3 is 2.86 bits per heavy atom. The van der Waals surface area contributed by atoms with Gasteiger partial charge < -0.3 is 9.64 Å². The van der Waals surface area contributed by atoms with Gasteiger partial charge >= 0.3 is 5.97 Å². The van der Waals surface area contributed by atoms with Crippen molar-refractivity contribution in [1.29, 1.82) is 0 Å². The molecule has 3 heterocycles. The van der Waals surface area contributed by atoms with E-state index >= 15 is 0 Å². The van der Waals surface area contributed by atoms with E-state index < -0.39 is 5.97 Å². The molecular formula is C13H16N4O3S. The third-order valence-electron chi connectivity index (χ3n) is 3.35. The summed E-state index contributed by atoms with van der Waals surface area (Å²) in [7, 11) is 0. The lowest BCUT2D eigenvalue weighted by atomic mass is 10.1. The zero-order chi connectivity index (χ0) is 14.8. The molecule has 2 aromatic heterocycles. The quantitative estimate of drug-likeness (QED) is 0.796. The number of esters is 1. The van der Waals surface area contributed by atoms with Crippen molar-refractivity contribution in [1.82, 2.24) is 14.6 Å². The van der Waals surface area contributed by atoms with E-state index in [-0.39, 0.29) is 17.9 Å². The Balaban J connectivity index is 1.98. The smallest absolute Gasteiger partial charge is 0.357 e. The summed E-state index contributed by atoms with van der Waals surface area (Å²) >= 11 is 1.33. The molecule has 0 aliphatic carbocycles. The van der Waals surface area contributed by atoms with Gasteiger partial charge in [-0.15, -0.1) is 5.10 Å². The number of carbonyl (C=O) groups is 1. The number of piperidine rings is 1. The molecule has 0 saturated carbocycles. The Morgan fingerprint density at radius 1 is 1.38 bits per heavy atom. The van der Waals surface area contributed by atoms with Gasteiger partial charge in [0.1, 0.15) is 0 Å². The van der Waals surface area contributed by atoms with Gasteiger partial charge in [-0.05, 0) is 26.2 Å². The molecule has 3 rings (SSSR count). The highest BCUT2D eigenvalue weighted by Gasteiger charge is 2.18. The highest BCUT2D eigenvalue weighted by Crippen LogP contribution is 2.24. The Hall–Kier alpha value is -1.96. The van der Waals surface area contributed by atoms with Crippen LogP contribution in [0.4, 0.5) is 5.13 Å². The molecule has 1 fully saturated rings. The van der Waals surface area contributed by atoms with Crippen molar-refractivity contribution in [3.05, 3.63) is 22.1 Å². The minimum Gasteiger partial charge on any atom is -0.461 e. The lowest BCUT2D eigenvalue weighted by molar-refractivity contribution is 0.0519. The minimum atomic E-state index is -0.579. The number of anilines is 1. The third-order valence-corrected chi connectivity index (χ3v) is 4.31. The Morgan fingerprint density at radius 2 is 2.14 bits per heavy atom. The summed E-state index contributed by atoms with van der Waals surface area (Å²) in [5.41, 5.74) is -0.321. The van der Waals surface area contributed by atoms with Crippen LogP contribution in [-0.4, -0.2) is 40.3 Å². The predicted octanol–water partition coefficient (Wildman–Crippen LogP) is 1.32. The molecule has 0 N–H and O–H groups in total. The zero-order valence-corrected chi connectivity index (χ0v) is 12.6. The van der Waals surface area contributed by atoms with Crippen molar-refractivity contribution in [3.63, 3.8) is 0 Å². The monoisotopic (exact) mass is 308 g/mol. The number of ether oxygens (including phenoxy) is 1. The maximum atomic E-state index is 12.0. The summed E-state index contributed by atoms with van der Waals surface area (Å²) in [5, 5.41) is 5.09. The maximum Gasteiger partial charge on any atom is 0.357 e. The van der Waals surface area contributed by atoms with Gasteiger partial charge in [0, 0.05) is 19.2 Å². The number of nitrogens with zero attached hydrogens (tertiary/aromatic N) is 4. The normalized spacial score (nSPS) is 15.4. The second kappa shape index (κ2) is 5.80. The van der Waals surface area contributed by atoms with Crippen molar-refractivity contribution in [3.8, 4) is 0 Å². The lowest BCUT2D eigenvalue weighted by Gasteiger charge is -2.25. The minimum absolute atomic E-state index is 0.0377. The summed E-state index contributed by atoms with van der Waals surface area (Å²) in [6, 6.07) is 1.17. The Labute approximate surface area is 125 Å². The molecule has 0 bridgehead atoms. The first-order valence-electron chi connectivity index (χ1n) is 7.02. The molecule has 0 unspecified atom stereocenters. The predicted molar refractivity (Wildman–Crippen MR) is 79.2 cm³/mol. The van der Waals surface area contributed by atoms with Crippen LogP contribution in [0.15, 0.2) is 10.9 Å². The van der Waals surface area contributed by atoms with Crippen LogP contribution in [-0.2, 0) is 4.74 Å². The molecule has 0 aromatic carbocycles. The van der Waals surface area contributed by atoms with Crippen LogP contribution in [0, 0.1) is 0 Å². The molecule has 7 nitrogen and oxygen atoms in total. The number of carbonyl (C=O) groups excluding carboxylic acids is 1. The Kier molecular flexibility index (Phi) is 3.87. The number of fused-ring (bicyclic) bond motifs is 1. The second-order valence-corrected chi connectivity index (χ2v) is 5.76. The molecule has 112 valence electrons. The summed E-state index contributed by atoms with van der Waals surface area (Å²) in [5.74, 6) is -0.579. The van der Waals surface area contributed by atoms with Gasteiger partial charge in [0.15, 0.2) is 5.69 Å². The average Bonchev–Trinajstić information content (AvgIpc) is 2.93. The van der Waals surface area contributed by atoms with Crippen molar-refractivity contribution < 1.29 is 9.53 Å². The fraction of sp³-hybridized carbons (Fsp3) is 0.538. The fourth-order valence-electron chi connectivity index (χ4n) is 2.32. The van der Waals surface area contributed by atoms with E-state index in [1.54, 1.807) is 6.92 Å². The van der Waals surface area contributed by atoms with Crippen molar-refractivity contribution in [2.75, 3.05) is 24.6 Å². The molecule has 0 radical (unpaired) electrons. The van der Waals surface area contributed by atoms with E-state index in [0.717, 1.165) is 31.1 Å². The molecule has 1 saturated heterocycles. The van der Waals surface area contributed by atoms with Crippen LogP contribution in [0.5, 0.6) is 0 Å². The van der Waals surface area contributed by atoms with Gasteiger partial charge in [0.2, 0.25) is 10.1 Å². The fourth-order valence-corrected chi connectivity index (χ4v) is 3.28. The standard InChI is InChI=1S/C13H16N4O3S/c1-2-20-11(19)9-8-10(18)17-12(14-9)21-13(15-17)16-6-4-3-5-7-16/h8H,2-7H2,1H3. The highest BCUT2D eigenvalue weighted by molar-refractivity contribution is 7.20. The first-order chi connectivity index (χ1) is 10.2. The van der Waals surface area contributed by atoms with E-state index in [9.17, 15) is 9.59 Å². The first-order valence-corrected chi connectivity index (χ1v) is 7.83. The molecule has 0 atom stereocenters. The number of hydrogen-bond acceptors (Lipinski definition) is 7. The van der Waals surface area contributed by atoms with Crippen molar-refractivity contribution in [2.24, 2.45) is 0 Å². The second-order valence-electron chi connectivity index (χ2n) is 4.83. The van der Waals surface area contributed by atoms with Crippen LogP contribution < -0.4 is 10.5 Å². The van der Waals surface area contributed by atoms with Crippen LogP contribution in [0.3, 0.4) is 0 Å². The third kappa shape index (κ3) is 2.76. The van der Waals surface area contributed by atoms with Crippen molar-refractivity contribution >= 4 is 27.4 Å². The molecule has 8 heteroatoms. The van der Waals surface area contributed by atoms with E-state index in [4.69, 9.17) is 4.74 Å². The van der Waals surface area contributed by atoms with E-state index in [2.05, 4.69) is 15.0 Å². The van der Waals surface area contributed by atoms with Crippen LogP contribution in [0.25, 0.3) is 4.96 Å². The first kappa shape index (κ1) is 14.0. The summed E-state index contributed by atoms with van der Waals surface area (Å²) in [4.78, 5) is 30.5. The summed E-state index contributed by atoms with van der Waals surface area (Å²) in [6.45, 7) is 3.85. The van der Waals surface area contributed by atoms with Crippen LogP contribution >= 0.6 is 11.3 Å². The number of aromatic nitrogens is 3. The molecule has 2 aromatic rings. The van der Waals surface area contributed by atoms with Gasteiger partial charge in [-0.3, -0.25) is 4.79 Å². The van der Waals surface area contributed by atoms with Crippen molar-refractivity contribution in [2.45, 2.75) is 26.2 Å². The topological polar surface area (TPSA) is 76.8 Å². The molecule has 0 amide bonds. The Bertz CT molecular complexity index is 718. The maximum absolute atomic E-state index is 12.0. The van der Waals surface area contributed by atoms with Gasteiger partial charge in [-0.25, -0.2) is 9.78 Å². The molecule has 1 aliphatic heterocycles. The molecular weight excluding hydrogens is 292 g/mol. The van der Waals surface area contributed by atoms with Gasteiger partial charge in [0.05, 0.1) is 6.61 Å². The zero-order valence-electron chi connectivity index (χ0n) is 11.7. The summed E-state index contributed by atoms with van der Waals surface area (Å²) in [6.07, 6.45) is 3.49. The van der Waals surface area contributed by atoms with E-state index in [0.29, 0.717) is 4.96 Å². The molecule has 0 spiro atoms. The van der Waals surface area contributed by atoms with Crippen LogP contribution in [0.2, 0.25) is 0 Å². The van der Waals surface area contributed by atoms with Gasteiger partial charge in [-0.2, -0.15) is 4.52 Å². The average molecular weight is 308 g/mol. The summed E-state index contributed by atoms with van der Waals surface area (Å²) < 4.78 is 6.13. The largest absolute Gasteiger partial charge is 0.461 e. The van der Waals surface area contributed by atoms with Gasteiger partial charge in [-0.1, -0.05) is 11.3 Å². The van der Waals surface area contributed by atoms with Crippen LogP contribution in [0.1, 0.15) is 36.7 Å².